The van der Waals surface area contributed by atoms with Crippen molar-refractivity contribution >= 4 is 33.2 Å². The van der Waals surface area contributed by atoms with E-state index in [1.165, 1.54) is 10.4 Å². The summed E-state index contributed by atoms with van der Waals surface area (Å²) in [6.45, 7) is 4.63. The molecule has 2 bridgehead atoms. The molecule has 0 unspecified atom stereocenters. The van der Waals surface area contributed by atoms with Crippen LogP contribution in [-0.4, -0.2) is 36.3 Å². The highest BCUT2D eigenvalue weighted by Gasteiger charge is 2.45. The summed E-state index contributed by atoms with van der Waals surface area (Å²) in [4.78, 5) is 24.7. The monoisotopic (exact) mass is 447 g/mol. The Labute approximate surface area is 179 Å². The number of anilines is 1. The minimum absolute atomic E-state index is 0.0364. The first kappa shape index (κ1) is 19.8. The zero-order valence-electron chi connectivity index (χ0n) is 16.7. The van der Waals surface area contributed by atoms with Crippen molar-refractivity contribution in [2.24, 2.45) is 5.92 Å². The fourth-order valence-corrected chi connectivity index (χ4v) is 7.03. The number of carbonyl (C=O) groups is 1. The molecule has 0 saturated carbocycles. The number of pyridine rings is 1. The molecular formula is C21H22ClN3O4S. The highest BCUT2D eigenvalue weighted by molar-refractivity contribution is 7.89. The van der Waals surface area contributed by atoms with E-state index in [4.69, 9.17) is 11.6 Å². The summed E-state index contributed by atoms with van der Waals surface area (Å²) < 4.78 is 30.6. The molecule has 2 aromatic rings. The number of hydrogen-bond acceptors (Lipinski definition) is 4. The number of nitrogens with one attached hydrogen (secondary N) is 1. The minimum Gasteiger partial charge on any atom is -0.324 e. The van der Waals surface area contributed by atoms with Crippen LogP contribution in [0.2, 0.25) is 5.02 Å². The molecule has 1 fully saturated rings. The third-order valence-electron chi connectivity index (χ3n) is 6.61. The van der Waals surface area contributed by atoms with Crippen LogP contribution in [0.15, 0.2) is 40.0 Å². The van der Waals surface area contributed by atoms with Gasteiger partial charge < -0.3 is 9.88 Å². The Balaban J connectivity index is 1.57. The molecule has 9 heteroatoms. The van der Waals surface area contributed by atoms with Gasteiger partial charge in [0.1, 0.15) is 4.90 Å². The average Bonchev–Trinajstić information content (AvgIpc) is 2.91. The van der Waals surface area contributed by atoms with Crippen molar-refractivity contribution in [1.29, 1.82) is 0 Å². The second-order valence-electron chi connectivity index (χ2n) is 8.93. The number of halogens is 1. The number of hydrogen-bond donors (Lipinski definition) is 1. The Hall–Kier alpha value is -2.16. The van der Waals surface area contributed by atoms with Crippen molar-refractivity contribution in [2.75, 3.05) is 18.4 Å². The van der Waals surface area contributed by atoms with Gasteiger partial charge in [0.05, 0.1) is 11.1 Å². The molecule has 1 amide bonds. The maximum absolute atomic E-state index is 13.7. The quantitative estimate of drug-likeness (QED) is 0.766. The average molecular weight is 448 g/mol. The van der Waals surface area contributed by atoms with Gasteiger partial charge in [0.25, 0.3) is 5.56 Å². The topological polar surface area (TPSA) is 88.5 Å². The van der Waals surface area contributed by atoms with Gasteiger partial charge in [-0.3, -0.25) is 9.59 Å². The summed E-state index contributed by atoms with van der Waals surface area (Å²) in [5.74, 6) is -0.233. The van der Waals surface area contributed by atoms with Crippen LogP contribution in [0, 0.1) is 5.92 Å². The Morgan fingerprint density at radius 3 is 2.67 bits per heavy atom. The first-order valence-corrected chi connectivity index (χ1v) is 11.8. The van der Waals surface area contributed by atoms with Crippen molar-refractivity contribution < 1.29 is 13.2 Å². The van der Waals surface area contributed by atoms with Gasteiger partial charge in [-0.1, -0.05) is 17.7 Å². The van der Waals surface area contributed by atoms with Crippen molar-refractivity contribution in [3.05, 3.63) is 57.0 Å². The van der Waals surface area contributed by atoms with Crippen LogP contribution in [0.25, 0.3) is 0 Å². The van der Waals surface area contributed by atoms with Gasteiger partial charge in [0.2, 0.25) is 15.9 Å². The number of amides is 1. The van der Waals surface area contributed by atoms with Gasteiger partial charge >= 0.3 is 0 Å². The Bertz CT molecular complexity index is 1250. The van der Waals surface area contributed by atoms with Crippen LogP contribution < -0.4 is 10.9 Å². The lowest BCUT2D eigenvalue weighted by Crippen LogP contribution is -2.49. The highest BCUT2D eigenvalue weighted by atomic mass is 35.5. The fourth-order valence-electron chi connectivity index (χ4n) is 4.99. The Morgan fingerprint density at radius 1 is 1.13 bits per heavy atom. The molecule has 30 heavy (non-hydrogen) atoms. The SMILES string of the molecule is CC1(C)C(=O)Nc2c1cc(Cl)cc2S(=O)(=O)N1C[C@H]2C[C@@H](C1)c1cccc(=O)n1C2. The van der Waals surface area contributed by atoms with Crippen LogP contribution in [0.5, 0.6) is 0 Å². The molecule has 5 rings (SSSR count). The number of rotatable bonds is 2. The zero-order valence-corrected chi connectivity index (χ0v) is 18.3. The second kappa shape index (κ2) is 6.42. The van der Waals surface area contributed by atoms with Crippen LogP contribution in [0.4, 0.5) is 5.69 Å². The summed E-state index contributed by atoms with van der Waals surface area (Å²) in [5, 5.41) is 3.04. The molecule has 0 aliphatic carbocycles. The molecule has 1 aromatic heterocycles. The Kier molecular flexibility index (Phi) is 4.23. The number of aromatic nitrogens is 1. The van der Waals surface area contributed by atoms with Gasteiger partial charge in [-0.15, -0.1) is 0 Å². The third kappa shape index (κ3) is 2.77. The van der Waals surface area contributed by atoms with E-state index >= 15 is 0 Å². The van der Waals surface area contributed by atoms with Crippen LogP contribution in [0.1, 0.15) is 37.4 Å². The van der Waals surface area contributed by atoms with Gasteiger partial charge in [-0.25, -0.2) is 8.42 Å². The molecule has 0 radical (unpaired) electrons. The van der Waals surface area contributed by atoms with E-state index in [9.17, 15) is 18.0 Å². The third-order valence-corrected chi connectivity index (χ3v) is 8.68. The number of carbonyl (C=O) groups excluding carboxylic acids is 1. The summed E-state index contributed by atoms with van der Waals surface area (Å²) in [6, 6.07) is 8.24. The van der Waals surface area contributed by atoms with Crippen LogP contribution in [-0.2, 0) is 26.8 Å². The standard InChI is InChI=1S/C21H22ClN3O4S/c1-21(2)15-7-14(22)8-17(19(15)23-20(21)27)30(28,29)24-9-12-6-13(11-24)16-4-3-5-18(26)25(16)10-12/h3-5,7-8,12-13H,6,9-11H2,1-2H3,(H,23,27)/t12-,13+/m1/s1. The minimum atomic E-state index is -3.89. The molecule has 158 valence electrons. The van der Waals surface area contributed by atoms with E-state index < -0.39 is 15.4 Å². The van der Waals surface area contributed by atoms with E-state index in [2.05, 4.69) is 5.32 Å². The van der Waals surface area contributed by atoms with Crippen molar-refractivity contribution in [1.82, 2.24) is 8.87 Å². The van der Waals surface area contributed by atoms with Crippen molar-refractivity contribution in [3.8, 4) is 0 Å². The van der Waals surface area contributed by atoms with E-state index in [1.807, 2.05) is 6.07 Å². The highest BCUT2D eigenvalue weighted by Crippen LogP contribution is 2.45. The lowest BCUT2D eigenvalue weighted by Gasteiger charge is -2.42. The predicted molar refractivity (Wildman–Crippen MR) is 113 cm³/mol. The number of fused-ring (bicyclic) bond motifs is 5. The second-order valence-corrected chi connectivity index (χ2v) is 11.3. The maximum Gasteiger partial charge on any atom is 0.250 e. The van der Waals surface area contributed by atoms with Gasteiger partial charge in [0, 0.05) is 42.3 Å². The normalized spacial score (nSPS) is 24.8. The fraction of sp³-hybridized carbons (Fsp3) is 0.429. The van der Waals surface area contributed by atoms with E-state index in [0.29, 0.717) is 30.9 Å². The Morgan fingerprint density at radius 2 is 1.90 bits per heavy atom. The molecule has 1 aromatic carbocycles. The van der Waals surface area contributed by atoms with Gasteiger partial charge in [-0.2, -0.15) is 4.31 Å². The number of nitrogens with zero attached hydrogens (tertiary/aromatic N) is 2. The van der Waals surface area contributed by atoms with Crippen LogP contribution in [0.3, 0.4) is 0 Å². The summed E-state index contributed by atoms with van der Waals surface area (Å²) in [7, 11) is -3.89. The smallest absolute Gasteiger partial charge is 0.250 e. The van der Waals surface area contributed by atoms with Gasteiger partial charge in [0.15, 0.2) is 0 Å². The first-order valence-electron chi connectivity index (χ1n) is 9.94. The van der Waals surface area contributed by atoms with Crippen molar-refractivity contribution in [3.63, 3.8) is 0 Å². The van der Waals surface area contributed by atoms with Crippen LogP contribution >= 0.6 is 11.6 Å². The summed E-state index contributed by atoms with van der Waals surface area (Å²) in [6.07, 6.45) is 0.854. The molecule has 0 spiro atoms. The molecule has 1 saturated heterocycles. The summed E-state index contributed by atoms with van der Waals surface area (Å²) in [5.41, 5.74) is 0.887. The molecular weight excluding hydrogens is 426 g/mol. The molecule has 1 N–H and O–H groups in total. The van der Waals surface area contributed by atoms with E-state index in [-0.39, 0.29) is 33.2 Å². The van der Waals surface area contributed by atoms with E-state index in [0.717, 1.165) is 12.1 Å². The first-order chi connectivity index (χ1) is 14.1. The lowest BCUT2D eigenvalue weighted by molar-refractivity contribution is -0.119. The molecule has 3 aliphatic heterocycles. The van der Waals surface area contributed by atoms with Crippen molar-refractivity contribution in [2.45, 2.75) is 43.0 Å². The number of piperidine rings is 1. The van der Waals surface area contributed by atoms with E-state index in [1.54, 1.807) is 36.6 Å². The number of sulfonamides is 1. The molecule has 2 atom stereocenters. The lowest BCUT2D eigenvalue weighted by atomic mass is 9.84. The predicted octanol–water partition coefficient (Wildman–Crippen LogP) is 2.54. The largest absolute Gasteiger partial charge is 0.324 e. The molecule has 4 heterocycles. The van der Waals surface area contributed by atoms with Gasteiger partial charge in [-0.05, 0) is 49.9 Å². The molecule has 7 nitrogen and oxygen atoms in total. The maximum atomic E-state index is 13.7. The number of benzene rings is 1. The zero-order chi connectivity index (χ0) is 21.4. The molecule has 3 aliphatic rings. The summed E-state index contributed by atoms with van der Waals surface area (Å²) >= 11 is 6.27.